The summed E-state index contributed by atoms with van der Waals surface area (Å²) in [6, 6.07) is 24.1. The van der Waals surface area contributed by atoms with Crippen LogP contribution in [0.3, 0.4) is 0 Å². The number of ether oxygens (including phenoxy) is 1. The third kappa shape index (κ3) is 3.55. The summed E-state index contributed by atoms with van der Waals surface area (Å²) in [5.74, 6) is 0.770. The van der Waals surface area contributed by atoms with Crippen LogP contribution in [0.5, 0.6) is 5.75 Å². The monoisotopic (exact) mass is 342 g/mol. The Morgan fingerprint density at radius 1 is 0.808 bits per heavy atom. The predicted molar refractivity (Wildman–Crippen MR) is 105 cm³/mol. The minimum atomic E-state index is 0.0289. The van der Waals surface area contributed by atoms with Crippen molar-refractivity contribution in [2.45, 2.75) is 25.7 Å². The molecule has 0 aliphatic heterocycles. The van der Waals surface area contributed by atoms with E-state index in [1.54, 1.807) is 0 Å². The number of hydrogen-bond donors (Lipinski definition) is 0. The van der Waals surface area contributed by atoms with Gasteiger partial charge in [-0.2, -0.15) is 0 Å². The van der Waals surface area contributed by atoms with Gasteiger partial charge in [0.25, 0.3) is 0 Å². The molecule has 0 heterocycles. The van der Waals surface area contributed by atoms with E-state index in [1.165, 1.54) is 24.0 Å². The molecule has 0 bridgehead atoms. The molecule has 26 heavy (non-hydrogen) atoms. The summed E-state index contributed by atoms with van der Waals surface area (Å²) < 4.78 is 5.90. The summed E-state index contributed by atoms with van der Waals surface area (Å²) in [5, 5.41) is 0. The highest BCUT2D eigenvalue weighted by Gasteiger charge is 2.14. The van der Waals surface area contributed by atoms with E-state index in [9.17, 15) is 4.79 Å². The highest BCUT2D eigenvalue weighted by Crippen LogP contribution is 2.29. The molecule has 4 rings (SSSR count). The second kappa shape index (κ2) is 7.57. The summed E-state index contributed by atoms with van der Waals surface area (Å²) in [7, 11) is 0. The zero-order valence-electron chi connectivity index (χ0n) is 14.8. The van der Waals surface area contributed by atoms with Gasteiger partial charge in [0.2, 0.25) is 0 Å². The number of hydrogen-bond acceptors (Lipinski definition) is 2. The molecule has 0 N–H and O–H groups in total. The van der Waals surface area contributed by atoms with Crippen LogP contribution >= 0.6 is 0 Å². The third-order valence-electron chi connectivity index (χ3n) is 5.00. The molecule has 1 aliphatic carbocycles. The number of para-hydroxylation sites is 1. The Morgan fingerprint density at radius 3 is 2.38 bits per heavy atom. The van der Waals surface area contributed by atoms with Crippen LogP contribution in [0.1, 0.15) is 34.3 Å². The number of benzene rings is 3. The molecule has 0 unspecified atom stereocenters. The highest BCUT2D eigenvalue weighted by atomic mass is 16.5. The first kappa shape index (κ1) is 16.6. The number of aryl methyl sites for hydroxylation is 2. The summed E-state index contributed by atoms with van der Waals surface area (Å²) in [5.41, 5.74) is 5.56. The quantitative estimate of drug-likeness (QED) is 0.573. The van der Waals surface area contributed by atoms with Gasteiger partial charge in [-0.25, -0.2) is 0 Å². The fourth-order valence-electron chi connectivity index (χ4n) is 3.58. The maximum absolute atomic E-state index is 12.6. The molecule has 0 spiro atoms. The van der Waals surface area contributed by atoms with Crippen LogP contribution in [0, 0.1) is 0 Å². The second-order valence-corrected chi connectivity index (χ2v) is 6.76. The van der Waals surface area contributed by atoms with E-state index >= 15 is 0 Å². The number of fused-ring (bicyclic) bond motifs is 1. The van der Waals surface area contributed by atoms with Crippen LogP contribution in [0.4, 0.5) is 0 Å². The fraction of sp³-hybridized carbons (Fsp3) is 0.208. The van der Waals surface area contributed by atoms with E-state index in [2.05, 4.69) is 12.1 Å². The van der Waals surface area contributed by atoms with Gasteiger partial charge in [0.05, 0.1) is 0 Å². The molecular formula is C24H22O2. The first-order chi connectivity index (χ1) is 12.8. The molecule has 2 heteroatoms. The molecule has 3 aromatic rings. The van der Waals surface area contributed by atoms with Crippen LogP contribution in [-0.2, 0) is 12.8 Å². The molecule has 130 valence electrons. The molecule has 0 amide bonds. The Balaban J connectivity index is 1.50. The second-order valence-electron chi connectivity index (χ2n) is 6.76. The maximum atomic E-state index is 12.6. The van der Waals surface area contributed by atoms with E-state index in [0.717, 1.165) is 35.3 Å². The first-order valence-corrected chi connectivity index (χ1v) is 9.23. The largest absolute Gasteiger partial charge is 0.485 e. The number of Topliss-reactive ketones (excluding diaryl/α,β-unsaturated/α-hetero) is 1. The molecule has 0 saturated carbocycles. The average Bonchev–Trinajstić information content (AvgIpc) is 2.72. The Morgan fingerprint density at radius 2 is 1.54 bits per heavy atom. The number of rotatable bonds is 5. The average molecular weight is 342 g/mol. The maximum Gasteiger partial charge on any atom is 0.200 e. The van der Waals surface area contributed by atoms with Crippen molar-refractivity contribution in [1.29, 1.82) is 0 Å². The van der Waals surface area contributed by atoms with Crippen LogP contribution in [0.2, 0.25) is 0 Å². The van der Waals surface area contributed by atoms with Crippen molar-refractivity contribution in [3.8, 4) is 16.9 Å². The van der Waals surface area contributed by atoms with Crippen molar-refractivity contribution in [2.75, 3.05) is 6.61 Å². The van der Waals surface area contributed by atoms with Crippen LogP contribution < -0.4 is 4.74 Å². The lowest BCUT2D eigenvalue weighted by Gasteiger charge is -2.16. The summed E-state index contributed by atoms with van der Waals surface area (Å²) in [6.45, 7) is 0.0582. The van der Waals surface area contributed by atoms with Crippen LogP contribution in [0.15, 0.2) is 72.8 Å². The smallest absolute Gasteiger partial charge is 0.200 e. The number of ketones is 1. The minimum absolute atomic E-state index is 0.0289. The Hall–Kier alpha value is -2.87. The molecule has 0 aromatic heterocycles. The lowest BCUT2D eigenvalue weighted by molar-refractivity contribution is 0.0922. The SMILES string of the molecule is O=C(COc1ccccc1-c1ccccc1)c1ccc2c(c1)CCCC2. The van der Waals surface area contributed by atoms with Gasteiger partial charge in [0.15, 0.2) is 12.4 Å². The van der Waals surface area contributed by atoms with Crippen molar-refractivity contribution in [3.05, 3.63) is 89.5 Å². The van der Waals surface area contributed by atoms with E-state index in [4.69, 9.17) is 4.74 Å². The Labute approximate surface area is 154 Å². The van der Waals surface area contributed by atoms with Crippen molar-refractivity contribution < 1.29 is 9.53 Å². The van der Waals surface area contributed by atoms with Gasteiger partial charge < -0.3 is 4.74 Å². The Bertz CT molecular complexity index is 913. The minimum Gasteiger partial charge on any atom is -0.485 e. The van der Waals surface area contributed by atoms with E-state index in [0.29, 0.717) is 0 Å². The summed E-state index contributed by atoms with van der Waals surface area (Å²) >= 11 is 0. The number of carbonyl (C=O) groups excluding carboxylic acids is 1. The molecule has 1 aliphatic rings. The van der Waals surface area contributed by atoms with Crippen molar-refractivity contribution in [3.63, 3.8) is 0 Å². The molecule has 0 atom stereocenters. The molecule has 2 nitrogen and oxygen atoms in total. The molecule has 3 aromatic carbocycles. The zero-order chi connectivity index (χ0) is 17.8. The standard InChI is InChI=1S/C24H22O2/c25-23(21-15-14-18-8-4-5-11-20(18)16-21)17-26-24-13-7-6-12-22(24)19-9-2-1-3-10-19/h1-3,6-7,9-10,12-16H,4-5,8,11,17H2. The summed E-state index contributed by atoms with van der Waals surface area (Å²) in [6.07, 6.45) is 4.67. The molecule has 0 radical (unpaired) electrons. The van der Waals surface area contributed by atoms with Gasteiger partial charge in [0.1, 0.15) is 5.75 Å². The van der Waals surface area contributed by atoms with Gasteiger partial charge in [-0.1, -0.05) is 60.7 Å². The third-order valence-corrected chi connectivity index (χ3v) is 5.00. The van der Waals surface area contributed by atoms with E-state index in [-0.39, 0.29) is 12.4 Å². The predicted octanol–water partition coefficient (Wildman–Crippen LogP) is 5.49. The van der Waals surface area contributed by atoms with Gasteiger partial charge in [0, 0.05) is 11.1 Å². The van der Waals surface area contributed by atoms with Crippen LogP contribution in [0.25, 0.3) is 11.1 Å². The van der Waals surface area contributed by atoms with Gasteiger partial charge in [-0.3, -0.25) is 4.79 Å². The topological polar surface area (TPSA) is 26.3 Å². The Kier molecular flexibility index (Phi) is 4.83. The van der Waals surface area contributed by atoms with Gasteiger partial charge in [-0.15, -0.1) is 0 Å². The van der Waals surface area contributed by atoms with Crippen molar-refractivity contribution >= 4 is 5.78 Å². The van der Waals surface area contributed by atoms with Crippen LogP contribution in [-0.4, -0.2) is 12.4 Å². The fourth-order valence-corrected chi connectivity index (χ4v) is 3.58. The lowest BCUT2D eigenvalue weighted by atomic mass is 9.90. The molecule has 0 fully saturated rings. The first-order valence-electron chi connectivity index (χ1n) is 9.23. The van der Waals surface area contributed by atoms with E-state index < -0.39 is 0 Å². The normalized spacial score (nSPS) is 13.1. The summed E-state index contributed by atoms with van der Waals surface area (Å²) in [4.78, 5) is 12.6. The van der Waals surface area contributed by atoms with Gasteiger partial charge in [-0.05, 0) is 54.5 Å². The number of carbonyl (C=O) groups is 1. The highest BCUT2D eigenvalue weighted by molar-refractivity contribution is 5.97. The van der Waals surface area contributed by atoms with Crippen molar-refractivity contribution in [2.24, 2.45) is 0 Å². The molecular weight excluding hydrogens is 320 g/mol. The van der Waals surface area contributed by atoms with Gasteiger partial charge >= 0.3 is 0 Å². The zero-order valence-corrected chi connectivity index (χ0v) is 14.8. The van der Waals surface area contributed by atoms with E-state index in [1.807, 2.05) is 60.7 Å². The lowest BCUT2D eigenvalue weighted by Crippen LogP contribution is -2.13. The molecule has 0 saturated heterocycles. The van der Waals surface area contributed by atoms with Crippen molar-refractivity contribution in [1.82, 2.24) is 0 Å².